The van der Waals surface area contributed by atoms with Gasteiger partial charge in [0.25, 0.3) is 6.71 Å². The zero-order valence-electron chi connectivity index (χ0n) is 63.4. The third-order valence-corrected chi connectivity index (χ3v) is 26.3. The molecular weight excluding hydrogens is 1460 g/mol. The molecule has 0 amide bonds. The standard InChI is InChI=1S/C106H64B2N6O3S/c1-3-27-66(28-4-1)72-31-7-13-37-81(72)107-82-38-14-23-47-94(82)114-101-80(103-106(114)116-97-49-25-24-48-96(97)115-103)63-71(64-85(101)107)110-87-42-18-11-35-76(87)79-62-70(56-58-92(79)110)109-86-41-17-10-34-75(86)78-61-67(53-57-91(78)109)65-51-54-69(55-52-65)111-90-45-21-12-36-77(90)102-105(111)112(68-29-5-2-6-30-68)95-59-60-99-100(104(95)117-102)108(84-40-16-26-50-98(84)118-99)83-39-15-22-46-93(83)113-88-43-19-8-32-73(88)74-33-9-20-44-89(74)113/h1-64H. The minimum Gasteiger partial charge on any atom is -0.451 e. The van der Waals surface area contributed by atoms with Crippen LogP contribution in [-0.4, -0.2) is 36.3 Å². The summed E-state index contributed by atoms with van der Waals surface area (Å²) < 4.78 is 34.0. The molecule has 0 saturated carbocycles. The van der Waals surface area contributed by atoms with Crippen LogP contribution in [0.25, 0.3) is 138 Å². The molecule has 22 aromatic rings. The van der Waals surface area contributed by atoms with Gasteiger partial charge in [-0.1, -0.05) is 265 Å². The van der Waals surface area contributed by atoms with E-state index in [1.54, 1.807) is 0 Å². The monoisotopic (exact) mass is 1520 g/mol. The van der Waals surface area contributed by atoms with E-state index in [-0.39, 0.29) is 13.4 Å². The summed E-state index contributed by atoms with van der Waals surface area (Å²) in [5.74, 6) is 5.35. The van der Waals surface area contributed by atoms with Crippen LogP contribution in [0.15, 0.2) is 398 Å². The van der Waals surface area contributed by atoms with Gasteiger partial charge in [0.05, 0.1) is 49.8 Å². The highest BCUT2D eigenvalue weighted by atomic mass is 32.2. The highest BCUT2D eigenvalue weighted by Gasteiger charge is 2.44. The van der Waals surface area contributed by atoms with Gasteiger partial charge >= 0.3 is 0 Å². The number of hydrogen-bond donors (Lipinski definition) is 0. The van der Waals surface area contributed by atoms with E-state index in [1.807, 2.05) is 36.0 Å². The van der Waals surface area contributed by atoms with E-state index in [0.29, 0.717) is 23.1 Å². The van der Waals surface area contributed by atoms with Gasteiger partial charge in [-0.25, -0.2) is 0 Å². The number of hydrogen-bond acceptors (Lipinski definition) is 5. The molecule has 5 aromatic heterocycles. The molecule has 548 valence electrons. The van der Waals surface area contributed by atoms with Crippen LogP contribution in [0.1, 0.15) is 0 Å². The van der Waals surface area contributed by atoms with E-state index in [2.05, 4.69) is 392 Å². The fourth-order valence-corrected chi connectivity index (χ4v) is 21.4. The first kappa shape index (κ1) is 65.3. The molecule has 12 heteroatoms. The summed E-state index contributed by atoms with van der Waals surface area (Å²) in [6.45, 7) is -0.339. The van der Waals surface area contributed by atoms with E-state index in [4.69, 9.17) is 14.2 Å². The lowest BCUT2D eigenvalue weighted by molar-refractivity contribution is 0.349. The van der Waals surface area contributed by atoms with E-state index in [9.17, 15) is 0 Å². The Morgan fingerprint density at radius 2 is 0.737 bits per heavy atom. The number of benzene rings is 17. The SMILES string of the molecule is c1ccc(-c2ccccc2B2c3ccccc3-n3c4c(c5cc(-n6c7ccccc7c7cc(-n8c9ccccc9c9cc(-c%10ccc(-n%11c%12c(c%13ccccc%13%11)Oc%11c(ccc%13c%11B(c%11ccccc%11-n%11c%14ccccc%14c%14ccccc%14%11)c%11ccccc%11S%13)N%12c%11ccccc%11)cc%10)ccc98)ccc76)cc2c53)Oc2ccccc2O4)cc1. The number of nitrogens with zero attached hydrogens (tertiary/aromatic N) is 6. The highest BCUT2D eigenvalue weighted by Crippen LogP contribution is 2.58. The van der Waals surface area contributed by atoms with Crippen LogP contribution in [0.3, 0.4) is 0 Å². The lowest BCUT2D eigenvalue weighted by Gasteiger charge is -2.37. The Morgan fingerprint density at radius 1 is 0.237 bits per heavy atom. The van der Waals surface area contributed by atoms with Gasteiger partial charge in [-0.2, -0.15) is 0 Å². The summed E-state index contributed by atoms with van der Waals surface area (Å²) in [4.78, 5) is 4.85. The molecule has 0 saturated heterocycles. The van der Waals surface area contributed by atoms with Gasteiger partial charge in [0.1, 0.15) is 5.75 Å². The molecule has 0 unspecified atom stereocenters. The molecule has 17 aromatic carbocycles. The van der Waals surface area contributed by atoms with E-state index in [1.165, 1.54) is 80.8 Å². The fraction of sp³-hybridized carbons (Fsp3) is 0. The number of anilines is 3. The van der Waals surface area contributed by atoms with E-state index in [0.717, 1.165) is 128 Å². The molecule has 0 atom stereocenters. The van der Waals surface area contributed by atoms with Crippen molar-refractivity contribution >= 4 is 162 Å². The Bertz CT molecular complexity index is 8000. The van der Waals surface area contributed by atoms with E-state index >= 15 is 0 Å². The molecule has 9 nitrogen and oxygen atoms in total. The molecule has 0 aliphatic carbocycles. The van der Waals surface area contributed by atoms with Crippen LogP contribution in [0, 0.1) is 0 Å². The maximum absolute atomic E-state index is 7.84. The zero-order chi connectivity index (χ0) is 77.0. The van der Waals surface area contributed by atoms with Gasteiger partial charge in [0, 0.05) is 87.0 Å². The average molecular weight is 1520 g/mol. The minimum absolute atomic E-state index is 0.147. The molecule has 4 aliphatic rings. The van der Waals surface area contributed by atoms with Crippen LogP contribution in [-0.2, 0) is 0 Å². The lowest BCUT2D eigenvalue weighted by Crippen LogP contribution is -2.56. The van der Waals surface area contributed by atoms with Crippen molar-refractivity contribution in [1.29, 1.82) is 0 Å². The molecular formula is C106H64B2N6O3S. The summed E-state index contributed by atoms with van der Waals surface area (Å²) in [6.07, 6.45) is 0. The van der Waals surface area contributed by atoms with Crippen molar-refractivity contribution in [2.24, 2.45) is 0 Å². The summed E-state index contributed by atoms with van der Waals surface area (Å²) in [5, 5.41) is 9.15. The molecule has 26 rings (SSSR count). The quantitative estimate of drug-likeness (QED) is 0.135. The van der Waals surface area contributed by atoms with Crippen LogP contribution >= 0.6 is 11.8 Å². The molecule has 0 bridgehead atoms. The second-order valence-corrected chi connectivity index (χ2v) is 32.4. The van der Waals surface area contributed by atoms with Crippen molar-refractivity contribution in [3.8, 4) is 85.3 Å². The molecule has 4 aliphatic heterocycles. The maximum atomic E-state index is 7.84. The topological polar surface area (TPSA) is 55.6 Å². The Labute approximate surface area is 683 Å². The zero-order valence-corrected chi connectivity index (χ0v) is 64.2. The largest absolute Gasteiger partial charge is 0.451 e. The molecule has 0 radical (unpaired) electrons. The summed E-state index contributed by atoms with van der Waals surface area (Å²) in [7, 11) is 0. The van der Waals surface area contributed by atoms with Crippen molar-refractivity contribution in [3.05, 3.63) is 388 Å². The number of ether oxygens (including phenoxy) is 3. The Kier molecular flexibility index (Phi) is 13.9. The van der Waals surface area contributed by atoms with Crippen molar-refractivity contribution in [3.63, 3.8) is 0 Å². The predicted octanol–water partition coefficient (Wildman–Crippen LogP) is 23.5. The van der Waals surface area contributed by atoms with E-state index < -0.39 is 0 Å². The molecule has 118 heavy (non-hydrogen) atoms. The second kappa shape index (κ2) is 25.2. The number of aromatic nitrogens is 5. The van der Waals surface area contributed by atoms with Gasteiger partial charge in [0.15, 0.2) is 28.8 Å². The Balaban J connectivity index is 0.593. The van der Waals surface area contributed by atoms with Gasteiger partial charge in [-0.15, -0.1) is 0 Å². The second-order valence-electron chi connectivity index (χ2n) is 31.3. The smallest absolute Gasteiger partial charge is 0.251 e. The first-order valence-electron chi connectivity index (χ1n) is 40.3. The third-order valence-electron chi connectivity index (χ3n) is 25.1. The Hall–Kier alpha value is -15.1. The van der Waals surface area contributed by atoms with Crippen molar-refractivity contribution in [2.75, 3.05) is 4.90 Å². The summed E-state index contributed by atoms with van der Waals surface area (Å²) in [6, 6.07) is 142. The van der Waals surface area contributed by atoms with Gasteiger partial charge < -0.3 is 27.9 Å². The van der Waals surface area contributed by atoms with Crippen molar-refractivity contribution < 1.29 is 14.2 Å². The molecule has 0 fully saturated rings. The predicted molar refractivity (Wildman–Crippen MR) is 488 cm³/mol. The van der Waals surface area contributed by atoms with Crippen LogP contribution in [0.4, 0.5) is 17.2 Å². The minimum atomic E-state index is -0.192. The fourth-order valence-electron chi connectivity index (χ4n) is 20.2. The molecule has 0 spiro atoms. The number of para-hydroxylation sites is 10. The van der Waals surface area contributed by atoms with Crippen LogP contribution < -0.4 is 51.9 Å². The number of rotatable bonds is 9. The van der Waals surface area contributed by atoms with Crippen molar-refractivity contribution in [2.45, 2.75) is 9.79 Å². The maximum Gasteiger partial charge on any atom is 0.251 e. The van der Waals surface area contributed by atoms with Crippen molar-refractivity contribution in [1.82, 2.24) is 22.8 Å². The van der Waals surface area contributed by atoms with Gasteiger partial charge in [-0.3, -0.25) is 14.0 Å². The third kappa shape index (κ3) is 9.37. The van der Waals surface area contributed by atoms with Crippen LogP contribution in [0.2, 0.25) is 0 Å². The van der Waals surface area contributed by atoms with Gasteiger partial charge in [0.2, 0.25) is 12.6 Å². The molecule has 0 N–H and O–H groups in total. The summed E-state index contributed by atoms with van der Waals surface area (Å²) >= 11 is 1.83. The van der Waals surface area contributed by atoms with Gasteiger partial charge in [-0.05, 0) is 190 Å². The first-order valence-corrected chi connectivity index (χ1v) is 41.2. The highest BCUT2D eigenvalue weighted by molar-refractivity contribution is 8.00. The Morgan fingerprint density at radius 3 is 1.44 bits per heavy atom. The lowest BCUT2D eigenvalue weighted by atomic mass is 9.34. The summed E-state index contributed by atoms with van der Waals surface area (Å²) in [5.41, 5.74) is 28.1. The normalized spacial score (nSPS) is 13.0. The number of fused-ring (bicyclic) bond motifs is 22. The molecule has 9 heterocycles. The first-order chi connectivity index (χ1) is 58.6. The van der Waals surface area contributed by atoms with Crippen LogP contribution in [0.5, 0.6) is 34.6 Å². The average Bonchev–Trinajstić information content (AvgIpc) is 1.51.